The molecule has 2 aliphatic rings. The van der Waals surface area contributed by atoms with Gasteiger partial charge in [-0.2, -0.15) is 0 Å². The number of fused-ring (bicyclic) bond motifs is 1. The van der Waals surface area contributed by atoms with E-state index in [0.29, 0.717) is 43.3 Å². The molecule has 1 amide bonds. The summed E-state index contributed by atoms with van der Waals surface area (Å²) in [5.74, 6) is 0.0463. The lowest BCUT2D eigenvalue weighted by Crippen LogP contribution is -2.54. The Labute approximate surface area is 207 Å². The fourth-order valence-electron chi connectivity index (χ4n) is 4.76. The molecule has 1 aliphatic heterocycles. The molecular weight excluding hydrogens is 473 g/mol. The summed E-state index contributed by atoms with van der Waals surface area (Å²) in [4.78, 5) is 39.2. The number of methoxy groups -OCH3 is 1. The van der Waals surface area contributed by atoms with Gasteiger partial charge in [-0.25, -0.2) is 14.4 Å². The molecule has 0 radical (unpaired) electrons. The van der Waals surface area contributed by atoms with Gasteiger partial charge in [-0.1, -0.05) is 11.6 Å². The van der Waals surface area contributed by atoms with Crippen LogP contribution in [-0.4, -0.2) is 64.6 Å². The van der Waals surface area contributed by atoms with Crippen molar-refractivity contribution in [3.05, 3.63) is 56.8 Å². The molecule has 0 N–H and O–H groups in total. The van der Waals surface area contributed by atoms with E-state index in [1.807, 2.05) is 9.80 Å². The Morgan fingerprint density at radius 3 is 2.51 bits per heavy atom. The Bertz CT molecular complexity index is 1370. The van der Waals surface area contributed by atoms with Crippen molar-refractivity contribution in [1.82, 2.24) is 19.3 Å². The molecule has 2 fully saturated rings. The number of nitrogens with zero attached hydrogens (tertiary/aromatic N) is 5. The average Bonchev–Trinajstić information content (AvgIpc) is 2.82. The standard InChI is InChI=1S/C25H27ClFN5O3/c1-14-15(2)28-23-22(17-5-4-16(26)12-19(17)27)29-21(13-32(23)24(14)33)30-8-10-31(11-9-30)25(34)18-6-7-20(18)35-3/h4-5,12-13,18,20H,6-11H2,1-3H3/t18-,20-/m1/s1. The molecule has 35 heavy (non-hydrogen) atoms. The molecule has 1 saturated carbocycles. The van der Waals surface area contributed by atoms with Gasteiger partial charge in [-0.15, -0.1) is 0 Å². The first-order valence-corrected chi connectivity index (χ1v) is 12.1. The first-order chi connectivity index (χ1) is 16.8. The third-order valence-corrected chi connectivity index (χ3v) is 7.43. The lowest BCUT2D eigenvalue weighted by molar-refractivity contribution is -0.147. The topological polar surface area (TPSA) is 80.0 Å². The highest BCUT2D eigenvalue weighted by Crippen LogP contribution is 2.32. The number of anilines is 1. The van der Waals surface area contributed by atoms with E-state index in [4.69, 9.17) is 21.3 Å². The molecule has 1 aromatic carbocycles. The van der Waals surface area contributed by atoms with Crippen molar-refractivity contribution in [2.24, 2.45) is 5.92 Å². The van der Waals surface area contributed by atoms with E-state index in [1.165, 1.54) is 10.5 Å². The second-order valence-corrected chi connectivity index (χ2v) is 9.60. The summed E-state index contributed by atoms with van der Waals surface area (Å²) in [6, 6.07) is 4.35. The molecule has 8 nitrogen and oxygen atoms in total. The third kappa shape index (κ3) is 4.16. The van der Waals surface area contributed by atoms with E-state index < -0.39 is 5.82 Å². The quantitative estimate of drug-likeness (QED) is 0.548. The number of hydrogen-bond acceptors (Lipinski definition) is 6. The summed E-state index contributed by atoms with van der Waals surface area (Å²) in [5, 5.41) is 0.270. The molecule has 1 saturated heterocycles. The maximum absolute atomic E-state index is 14.9. The Morgan fingerprint density at radius 2 is 1.89 bits per heavy atom. The first kappa shape index (κ1) is 23.7. The van der Waals surface area contributed by atoms with Crippen LogP contribution in [0.2, 0.25) is 5.02 Å². The summed E-state index contributed by atoms with van der Waals surface area (Å²) in [6.07, 6.45) is 3.43. The molecule has 184 valence electrons. The zero-order valence-corrected chi connectivity index (χ0v) is 20.7. The molecule has 3 heterocycles. The molecule has 1 aliphatic carbocycles. The van der Waals surface area contributed by atoms with Crippen molar-refractivity contribution >= 4 is 29.0 Å². The molecule has 5 rings (SSSR count). The average molecular weight is 500 g/mol. The van der Waals surface area contributed by atoms with E-state index in [-0.39, 0.29) is 45.4 Å². The zero-order valence-electron chi connectivity index (χ0n) is 19.9. The van der Waals surface area contributed by atoms with E-state index in [0.717, 1.165) is 12.8 Å². The van der Waals surface area contributed by atoms with Crippen LogP contribution < -0.4 is 10.5 Å². The fourth-order valence-corrected chi connectivity index (χ4v) is 4.92. The monoisotopic (exact) mass is 499 g/mol. The van der Waals surface area contributed by atoms with E-state index in [1.54, 1.807) is 39.3 Å². The molecule has 2 aromatic heterocycles. The van der Waals surface area contributed by atoms with Crippen LogP contribution in [0.15, 0.2) is 29.2 Å². The van der Waals surface area contributed by atoms with Crippen LogP contribution in [0.4, 0.5) is 10.2 Å². The van der Waals surface area contributed by atoms with Crippen LogP contribution in [-0.2, 0) is 9.53 Å². The predicted octanol–water partition coefficient (Wildman–Crippen LogP) is 3.24. The molecule has 3 aromatic rings. The second kappa shape index (κ2) is 9.20. The highest BCUT2D eigenvalue weighted by molar-refractivity contribution is 6.30. The van der Waals surface area contributed by atoms with Crippen molar-refractivity contribution in [2.45, 2.75) is 32.8 Å². The van der Waals surface area contributed by atoms with Gasteiger partial charge >= 0.3 is 0 Å². The Morgan fingerprint density at radius 1 is 1.14 bits per heavy atom. The molecule has 10 heteroatoms. The van der Waals surface area contributed by atoms with Gasteiger partial charge in [0.05, 0.1) is 18.2 Å². The predicted molar refractivity (Wildman–Crippen MR) is 131 cm³/mol. The number of aromatic nitrogens is 3. The first-order valence-electron chi connectivity index (χ1n) is 11.7. The van der Waals surface area contributed by atoms with Crippen molar-refractivity contribution in [2.75, 3.05) is 38.2 Å². The van der Waals surface area contributed by atoms with Gasteiger partial charge in [0, 0.05) is 55.1 Å². The number of amides is 1. The van der Waals surface area contributed by atoms with Gasteiger partial charge < -0.3 is 14.5 Å². The van der Waals surface area contributed by atoms with E-state index in [2.05, 4.69) is 4.98 Å². The van der Waals surface area contributed by atoms with Crippen molar-refractivity contribution in [1.29, 1.82) is 0 Å². The molecule has 0 bridgehead atoms. The van der Waals surface area contributed by atoms with Gasteiger partial charge in [0.25, 0.3) is 5.56 Å². The highest BCUT2D eigenvalue weighted by Gasteiger charge is 2.39. The van der Waals surface area contributed by atoms with E-state index in [9.17, 15) is 14.0 Å². The van der Waals surface area contributed by atoms with Crippen molar-refractivity contribution in [3.8, 4) is 11.3 Å². The number of aryl methyl sites for hydroxylation is 1. The van der Waals surface area contributed by atoms with Crippen LogP contribution in [0.3, 0.4) is 0 Å². The van der Waals surface area contributed by atoms with Crippen LogP contribution >= 0.6 is 11.6 Å². The van der Waals surface area contributed by atoms with Crippen LogP contribution in [0.25, 0.3) is 16.9 Å². The van der Waals surface area contributed by atoms with Gasteiger partial charge in [-0.05, 0) is 44.9 Å². The van der Waals surface area contributed by atoms with E-state index >= 15 is 0 Å². The normalized spacial score (nSPS) is 20.3. The second-order valence-electron chi connectivity index (χ2n) is 9.16. The highest BCUT2D eigenvalue weighted by atomic mass is 35.5. The van der Waals surface area contributed by atoms with Crippen LogP contribution in [0.1, 0.15) is 24.1 Å². The maximum atomic E-state index is 14.9. The zero-order chi connectivity index (χ0) is 24.9. The molecule has 0 unspecified atom stereocenters. The van der Waals surface area contributed by atoms with Crippen LogP contribution in [0, 0.1) is 25.6 Å². The molecular formula is C25H27ClFN5O3. The summed E-state index contributed by atoms with van der Waals surface area (Å²) in [7, 11) is 1.65. The molecule has 0 spiro atoms. The van der Waals surface area contributed by atoms with Gasteiger partial charge in [0.15, 0.2) is 5.65 Å². The van der Waals surface area contributed by atoms with Crippen LogP contribution in [0.5, 0.6) is 0 Å². The summed E-state index contributed by atoms with van der Waals surface area (Å²) >= 11 is 5.96. The number of halogens is 2. The largest absolute Gasteiger partial charge is 0.381 e. The fraction of sp³-hybridized carbons (Fsp3) is 0.440. The Hall–Kier alpha value is -3.04. The lowest BCUT2D eigenvalue weighted by Gasteiger charge is -2.41. The van der Waals surface area contributed by atoms with Gasteiger partial charge in [0.1, 0.15) is 17.3 Å². The van der Waals surface area contributed by atoms with Crippen molar-refractivity contribution < 1.29 is 13.9 Å². The minimum absolute atomic E-state index is 0.00517. The Kier molecular flexibility index (Phi) is 6.23. The number of carbonyl (C=O) groups excluding carboxylic acids is 1. The number of hydrogen-bond donors (Lipinski definition) is 0. The third-order valence-electron chi connectivity index (χ3n) is 7.20. The maximum Gasteiger partial charge on any atom is 0.261 e. The Balaban J connectivity index is 1.50. The number of rotatable bonds is 4. The minimum Gasteiger partial charge on any atom is -0.381 e. The SMILES string of the molecule is CO[C@@H]1CC[C@H]1C(=O)N1CCN(c2cn3c(=O)c(C)c(C)nc3c(-c3ccc(Cl)cc3F)n2)CC1. The summed E-state index contributed by atoms with van der Waals surface area (Å²) in [5.41, 5.74) is 1.63. The van der Waals surface area contributed by atoms with Gasteiger partial charge in [-0.3, -0.25) is 14.0 Å². The summed E-state index contributed by atoms with van der Waals surface area (Å²) in [6.45, 7) is 5.64. The summed E-state index contributed by atoms with van der Waals surface area (Å²) < 4.78 is 21.8. The smallest absolute Gasteiger partial charge is 0.261 e. The minimum atomic E-state index is -0.542. The number of piperazine rings is 1. The van der Waals surface area contributed by atoms with Crippen molar-refractivity contribution in [3.63, 3.8) is 0 Å². The number of benzene rings is 1. The number of ether oxygens (including phenoxy) is 1. The number of carbonyl (C=O) groups is 1. The molecule has 2 atom stereocenters. The van der Waals surface area contributed by atoms with Gasteiger partial charge in [0.2, 0.25) is 5.91 Å². The lowest BCUT2D eigenvalue weighted by atomic mass is 9.80.